The van der Waals surface area contributed by atoms with E-state index in [0.29, 0.717) is 23.7 Å². The number of aryl methyl sites for hydroxylation is 1. The van der Waals surface area contributed by atoms with Gasteiger partial charge in [0.15, 0.2) is 0 Å². The van der Waals surface area contributed by atoms with Gasteiger partial charge in [0.1, 0.15) is 0 Å². The molecule has 118 valence electrons. The molecule has 2 rings (SSSR count). The van der Waals surface area contributed by atoms with Gasteiger partial charge < -0.3 is 10.1 Å². The SMILES string of the molecule is COCCNS(=O)(=O)c1cc(CNC2CC2)cc(C)c1Br. The van der Waals surface area contributed by atoms with E-state index in [4.69, 9.17) is 4.74 Å². The quantitative estimate of drug-likeness (QED) is 0.680. The highest BCUT2D eigenvalue weighted by molar-refractivity contribution is 9.10. The van der Waals surface area contributed by atoms with E-state index < -0.39 is 10.0 Å². The number of hydrogen-bond acceptors (Lipinski definition) is 4. The molecule has 5 nitrogen and oxygen atoms in total. The van der Waals surface area contributed by atoms with Crippen LogP contribution in [0.5, 0.6) is 0 Å². The van der Waals surface area contributed by atoms with Gasteiger partial charge in [0.25, 0.3) is 0 Å². The van der Waals surface area contributed by atoms with Crippen LogP contribution < -0.4 is 10.0 Å². The van der Waals surface area contributed by atoms with Crippen molar-refractivity contribution in [3.05, 3.63) is 27.7 Å². The van der Waals surface area contributed by atoms with E-state index in [1.807, 2.05) is 13.0 Å². The fourth-order valence-electron chi connectivity index (χ4n) is 2.01. The number of nitrogens with one attached hydrogen (secondary N) is 2. The molecule has 0 aliphatic heterocycles. The Balaban J connectivity index is 2.19. The smallest absolute Gasteiger partial charge is 0.241 e. The topological polar surface area (TPSA) is 67.4 Å². The van der Waals surface area contributed by atoms with Crippen molar-refractivity contribution in [1.29, 1.82) is 0 Å². The summed E-state index contributed by atoms with van der Waals surface area (Å²) in [5.41, 5.74) is 1.90. The van der Waals surface area contributed by atoms with E-state index in [1.165, 1.54) is 12.8 Å². The van der Waals surface area contributed by atoms with Crippen LogP contribution in [0.4, 0.5) is 0 Å². The second-order valence-electron chi connectivity index (χ2n) is 5.27. The van der Waals surface area contributed by atoms with Crippen LogP contribution in [0.25, 0.3) is 0 Å². The van der Waals surface area contributed by atoms with Gasteiger partial charge in [-0.1, -0.05) is 6.07 Å². The average Bonchev–Trinajstić information content (AvgIpc) is 3.24. The number of ether oxygens (including phenoxy) is 1. The second-order valence-corrected chi connectivity index (χ2v) is 7.80. The van der Waals surface area contributed by atoms with E-state index in [9.17, 15) is 8.42 Å². The van der Waals surface area contributed by atoms with Gasteiger partial charge in [-0.2, -0.15) is 0 Å². The molecule has 0 bridgehead atoms. The highest BCUT2D eigenvalue weighted by Crippen LogP contribution is 2.28. The first-order valence-corrected chi connectivity index (χ1v) is 9.22. The van der Waals surface area contributed by atoms with Crippen molar-refractivity contribution in [2.75, 3.05) is 20.3 Å². The number of methoxy groups -OCH3 is 1. The Kier molecular flexibility index (Phi) is 5.79. The first-order chi connectivity index (χ1) is 9.94. The molecule has 0 spiro atoms. The van der Waals surface area contributed by atoms with E-state index in [2.05, 4.69) is 26.0 Å². The lowest BCUT2D eigenvalue weighted by atomic mass is 10.1. The molecule has 0 saturated heterocycles. The van der Waals surface area contributed by atoms with E-state index in [0.717, 1.165) is 11.1 Å². The summed E-state index contributed by atoms with van der Waals surface area (Å²) < 4.78 is 32.8. The van der Waals surface area contributed by atoms with Crippen LogP contribution in [0.2, 0.25) is 0 Å². The van der Waals surface area contributed by atoms with Gasteiger partial charge in [0.2, 0.25) is 10.0 Å². The van der Waals surface area contributed by atoms with Crippen molar-refractivity contribution in [1.82, 2.24) is 10.0 Å². The van der Waals surface area contributed by atoms with Crippen LogP contribution in [0.1, 0.15) is 24.0 Å². The molecule has 0 radical (unpaired) electrons. The van der Waals surface area contributed by atoms with Gasteiger partial charge in [-0.05, 0) is 52.9 Å². The van der Waals surface area contributed by atoms with Crippen molar-refractivity contribution in [3.8, 4) is 0 Å². The van der Waals surface area contributed by atoms with Crippen molar-refractivity contribution >= 4 is 26.0 Å². The zero-order chi connectivity index (χ0) is 15.5. The lowest BCUT2D eigenvalue weighted by Crippen LogP contribution is -2.28. The van der Waals surface area contributed by atoms with Crippen molar-refractivity contribution in [3.63, 3.8) is 0 Å². The molecule has 0 aromatic heterocycles. The minimum Gasteiger partial charge on any atom is -0.383 e. The molecule has 2 N–H and O–H groups in total. The Morgan fingerprint density at radius 2 is 2.10 bits per heavy atom. The molecule has 7 heteroatoms. The zero-order valence-electron chi connectivity index (χ0n) is 12.3. The first-order valence-electron chi connectivity index (χ1n) is 6.95. The van der Waals surface area contributed by atoms with Crippen molar-refractivity contribution in [2.24, 2.45) is 0 Å². The van der Waals surface area contributed by atoms with Gasteiger partial charge >= 0.3 is 0 Å². The van der Waals surface area contributed by atoms with E-state index in [1.54, 1.807) is 13.2 Å². The number of halogens is 1. The molecule has 0 amide bonds. The lowest BCUT2D eigenvalue weighted by molar-refractivity contribution is 0.204. The van der Waals surface area contributed by atoms with Crippen LogP contribution in [0.15, 0.2) is 21.5 Å². The molecule has 0 atom stereocenters. The van der Waals surface area contributed by atoms with Gasteiger partial charge in [-0.25, -0.2) is 13.1 Å². The van der Waals surface area contributed by atoms with Crippen LogP contribution in [0.3, 0.4) is 0 Å². The van der Waals surface area contributed by atoms with Crippen LogP contribution >= 0.6 is 15.9 Å². The highest BCUT2D eigenvalue weighted by atomic mass is 79.9. The van der Waals surface area contributed by atoms with Crippen LogP contribution in [-0.2, 0) is 21.3 Å². The maximum absolute atomic E-state index is 12.4. The average molecular weight is 377 g/mol. The Hall–Kier alpha value is -0.470. The molecule has 1 aliphatic rings. The Labute approximate surface area is 134 Å². The summed E-state index contributed by atoms with van der Waals surface area (Å²) in [7, 11) is -2.00. The summed E-state index contributed by atoms with van der Waals surface area (Å²) in [6, 6.07) is 4.32. The van der Waals surface area contributed by atoms with E-state index in [-0.39, 0.29) is 11.4 Å². The number of rotatable bonds is 8. The standard InChI is InChI=1S/C14H21BrN2O3S/c1-10-7-11(9-16-12-3-4-12)8-13(14(10)15)21(18,19)17-5-6-20-2/h7-8,12,16-17H,3-6,9H2,1-2H3. The third kappa shape index (κ3) is 4.75. The van der Waals surface area contributed by atoms with Crippen LogP contribution in [-0.4, -0.2) is 34.7 Å². The van der Waals surface area contributed by atoms with Crippen molar-refractivity contribution in [2.45, 2.75) is 37.2 Å². The molecule has 21 heavy (non-hydrogen) atoms. The predicted molar refractivity (Wildman–Crippen MR) is 85.8 cm³/mol. The van der Waals surface area contributed by atoms with Crippen LogP contribution in [0, 0.1) is 6.92 Å². The van der Waals surface area contributed by atoms with Gasteiger partial charge in [-0.15, -0.1) is 0 Å². The maximum atomic E-state index is 12.4. The molecule has 0 heterocycles. The Morgan fingerprint density at radius 1 is 1.38 bits per heavy atom. The molecule has 1 aromatic carbocycles. The van der Waals surface area contributed by atoms with E-state index >= 15 is 0 Å². The van der Waals surface area contributed by atoms with Gasteiger partial charge in [-0.3, -0.25) is 0 Å². The summed E-state index contributed by atoms with van der Waals surface area (Å²) in [5.74, 6) is 0. The molecule has 1 aliphatic carbocycles. The fraction of sp³-hybridized carbons (Fsp3) is 0.571. The third-order valence-electron chi connectivity index (χ3n) is 3.34. The highest BCUT2D eigenvalue weighted by Gasteiger charge is 2.22. The second kappa shape index (κ2) is 7.19. The maximum Gasteiger partial charge on any atom is 0.241 e. The molecule has 1 saturated carbocycles. The number of benzene rings is 1. The minimum atomic E-state index is -3.54. The summed E-state index contributed by atoms with van der Waals surface area (Å²) in [6.07, 6.45) is 2.42. The Morgan fingerprint density at radius 3 is 2.71 bits per heavy atom. The van der Waals surface area contributed by atoms with Gasteiger partial charge in [0.05, 0.1) is 11.5 Å². The number of hydrogen-bond donors (Lipinski definition) is 2. The molecule has 1 aromatic rings. The van der Waals surface area contributed by atoms with Crippen molar-refractivity contribution < 1.29 is 13.2 Å². The molecular formula is C14H21BrN2O3S. The largest absolute Gasteiger partial charge is 0.383 e. The zero-order valence-corrected chi connectivity index (χ0v) is 14.7. The normalized spacial score (nSPS) is 15.4. The molecule has 1 fully saturated rings. The predicted octanol–water partition coefficient (Wildman–Crippen LogP) is 1.93. The minimum absolute atomic E-state index is 0.259. The summed E-state index contributed by atoms with van der Waals surface area (Å²) >= 11 is 3.38. The fourth-order valence-corrected chi connectivity index (χ4v) is 4.09. The number of sulfonamides is 1. The molecular weight excluding hydrogens is 356 g/mol. The van der Waals surface area contributed by atoms with Gasteiger partial charge in [0, 0.05) is 30.7 Å². The third-order valence-corrected chi connectivity index (χ3v) is 6.14. The lowest BCUT2D eigenvalue weighted by Gasteiger charge is -2.13. The molecule has 0 unspecified atom stereocenters. The first kappa shape index (κ1) is 16.9. The monoisotopic (exact) mass is 376 g/mol. The summed E-state index contributed by atoms with van der Waals surface area (Å²) in [4.78, 5) is 0.284. The summed E-state index contributed by atoms with van der Waals surface area (Å²) in [5, 5.41) is 3.40. The summed E-state index contributed by atoms with van der Waals surface area (Å²) in [6.45, 7) is 3.20. The Bertz CT molecular complexity index is 600.